The minimum atomic E-state index is 0.0969. The third-order valence-corrected chi connectivity index (χ3v) is 7.06. The van der Waals surface area contributed by atoms with Crippen LogP contribution in [0.4, 0.5) is 11.5 Å². The number of pyridine rings is 2. The minimum absolute atomic E-state index is 0.0969. The molecule has 0 amide bonds. The summed E-state index contributed by atoms with van der Waals surface area (Å²) in [7, 11) is 0. The van der Waals surface area contributed by atoms with Gasteiger partial charge in [0.05, 0.1) is 20.8 Å². The van der Waals surface area contributed by atoms with E-state index in [1.807, 2.05) is 12.1 Å². The molecule has 2 aliphatic heterocycles. The number of nitrogens with one attached hydrogen (secondary N) is 2. The van der Waals surface area contributed by atoms with Crippen molar-refractivity contribution >= 4 is 52.0 Å². The Bertz CT molecular complexity index is 1200. The SMILES string of the molecule is N=C(c1ccc(N2CC3(CNC3)C2)nc1)c1cc(OCc2c(Cl)cncc2Cl)c(Cl)cc1N. The number of aromatic nitrogens is 2. The van der Waals surface area contributed by atoms with Gasteiger partial charge in [-0.3, -0.25) is 10.4 Å². The normalized spacial score (nSPS) is 16.3. The molecule has 10 heteroatoms. The fraction of sp³-hybridized carbons (Fsp3) is 0.261. The monoisotopic (exact) mass is 502 g/mol. The molecule has 1 spiro atoms. The molecule has 0 saturated carbocycles. The van der Waals surface area contributed by atoms with Crippen LogP contribution in [0.15, 0.2) is 42.9 Å². The topological polar surface area (TPSA) is 100 Å². The lowest BCUT2D eigenvalue weighted by molar-refractivity contribution is 0.120. The molecule has 2 saturated heterocycles. The van der Waals surface area contributed by atoms with Crippen molar-refractivity contribution < 1.29 is 4.74 Å². The Balaban J connectivity index is 1.32. The van der Waals surface area contributed by atoms with Crippen molar-refractivity contribution in [3.8, 4) is 5.75 Å². The van der Waals surface area contributed by atoms with Crippen molar-refractivity contribution in [1.29, 1.82) is 5.41 Å². The Morgan fingerprint density at radius 1 is 1.09 bits per heavy atom. The molecule has 1 aromatic carbocycles. The highest BCUT2D eigenvalue weighted by Gasteiger charge is 2.47. The summed E-state index contributed by atoms with van der Waals surface area (Å²) in [6, 6.07) is 7.06. The second-order valence-corrected chi connectivity index (χ2v) is 9.70. The second-order valence-electron chi connectivity index (χ2n) is 8.48. The molecule has 4 N–H and O–H groups in total. The Morgan fingerprint density at radius 3 is 2.42 bits per heavy atom. The van der Waals surface area contributed by atoms with Crippen LogP contribution in [-0.4, -0.2) is 41.9 Å². The number of rotatable bonds is 6. The van der Waals surface area contributed by atoms with Gasteiger partial charge in [-0.1, -0.05) is 34.8 Å². The maximum Gasteiger partial charge on any atom is 0.139 e. The first kappa shape index (κ1) is 22.2. The molecule has 0 aliphatic carbocycles. The first-order valence-corrected chi connectivity index (χ1v) is 11.5. The molecule has 170 valence electrons. The van der Waals surface area contributed by atoms with Gasteiger partial charge in [0.15, 0.2) is 0 Å². The number of nitrogens with two attached hydrogens (primary N) is 1. The number of benzene rings is 1. The van der Waals surface area contributed by atoms with Crippen LogP contribution in [0.25, 0.3) is 0 Å². The summed E-state index contributed by atoms with van der Waals surface area (Å²) in [5.41, 5.74) is 8.96. The predicted molar refractivity (Wildman–Crippen MR) is 132 cm³/mol. The van der Waals surface area contributed by atoms with E-state index in [1.165, 1.54) is 12.4 Å². The molecule has 2 aliphatic rings. The summed E-state index contributed by atoms with van der Waals surface area (Å²) in [6.07, 6.45) is 4.70. The molecule has 4 heterocycles. The average molecular weight is 504 g/mol. The standard InChI is InChI=1S/C23H21Cl3N6O/c24-16-4-19(27)14(3-20(16)33-8-15-17(25)6-29-7-18(15)26)22(28)13-1-2-21(31-5-13)32-11-23(12-32)9-30-10-23/h1-7,28,30H,8-12,27H2. The molecule has 33 heavy (non-hydrogen) atoms. The van der Waals surface area contributed by atoms with Crippen molar-refractivity contribution in [2.75, 3.05) is 36.8 Å². The van der Waals surface area contributed by atoms with Gasteiger partial charge in [0.1, 0.15) is 18.2 Å². The molecular formula is C23H21Cl3N6O. The summed E-state index contributed by atoms with van der Waals surface area (Å²) < 4.78 is 5.87. The number of anilines is 2. The fourth-order valence-corrected chi connectivity index (χ4v) is 4.83. The number of ether oxygens (including phenoxy) is 1. The molecule has 0 atom stereocenters. The molecule has 5 rings (SSSR count). The molecule has 3 aromatic rings. The van der Waals surface area contributed by atoms with Gasteiger partial charge in [-0.15, -0.1) is 0 Å². The predicted octanol–water partition coefficient (Wildman–Crippen LogP) is 4.42. The molecule has 0 radical (unpaired) electrons. The second kappa shape index (κ2) is 8.65. The third kappa shape index (κ3) is 4.22. The first-order chi connectivity index (χ1) is 15.8. The van der Waals surface area contributed by atoms with Gasteiger partial charge in [0.25, 0.3) is 0 Å². The quantitative estimate of drug-likeness (QED) is 0.340. The highest BCUT2D eigenvalue weighted by atomic mass is 35.5. The molecule has 0 bridgehead atoms. The molecule has 0 unspecified atom stereocenters. The molecule has 2 aromatic heterocycles. The van der Waals surface area contributed by atoms with E-state index in [9.17, 15) is 0 Å². The van der Waals surface area contributed by atoms with E-state index in [2.05, 4.69) is 20.2 Å². The lowest BCUT2D eigenvalue weighted by atomic mass is 9.74. The highest BCUT2D eigenvalue weighted by molar-refractivity contribution is 6.35. The number of halogens is 3. The Kier molecular flexibility index (Phi) is 5.82. The van der Waals surface area contributed by atoms with Gasteiger partial charge >= 0.3 is 0 Å². The first-order valence-electron chi connectivity index (χ1n) is 10.4. The Hall–Kier alpha value is -2.58. The van der Waals surface area contributed by atoms with Crippen LogP contribution in [0, 0.1) is 10.8 Å². The molecule has 2 fully saturated rings. The van der Waals surface area contributed by atoms with Crippen LogP contribution in [-0.2, 0) is 6.61 Å². The van der Waals surface area contributed by atoms with E-state index in [0.29, 0.717) is 48.6 Å². The molecular weight excluding hydrogens is 483 g/mol. The zero-order valence-corrected chi connectivity index (χ0v) is 19.8. The summed E-state index contributed by atoms with van der Waals surface area (Å²) in [5.74, 6) is 1.29. The number of hydrogen-bond donors (Lipinski definition) is 3. The summed E-state index contributed by atoms with van der Waals surface area (Å²) in [6.45, 7) is 4.28. The van der Waals surface area contributed by atoms with Gasteiger partial charge in [-0.2, -0.15) is 0 Å². The third-order valence-electron chi connectivity index (χ3n) is 6.11. The molecule has 7 nitrogen and oxygen atoms in total. The van der Waals surface area contributed by atoms with Crippen LogP contribution in [0.2, 0.25) is 15.1 Å². The largest absolute Gasteiger partial charge is 0.487 e. The van der Waals surface area contributed by atoms with Gasteiger partial charge < -0.3 is 20.7 Å². The van der Waals surface area contributed by atoms with E-state index in [-0.39, 0.29) is 12.3 Å². The zero-order valence-electron chi connectivity index (χ0n) is 17.5. The van der Waals surface area contributed by atoms with Gasteiger partial charge in [0, 0.05) is 72.6 Å². The number of nitrogen functional groups attached to an aromatic ring is 1. The lowest BCUT2D eigenvalue weighted by Gasteiger charge is -2.56. The van der Waals surface area contributed by atoms with Crippen molar-refractivity contribution in [3.63, 3.8) is 0 Å². The van der Waals surface area contributed by atoms with Crippen molar-refractivity contribution in [1.82, 2.24) is 15.3 Å². The minimum Gasteiger partial charge on any atom is -0.487 e. The number of nitrogens with zero attached hydrogens (tertiary/aromatic N) is 3. The van der Waals surface area contributed by atoms with Gasteiger partial charge in [-0.05, 0) is 24.3 Å². The Labute approximate surface area is 206 Å². The van der Waals surface area contributed by atoms with Gasteiger partial charge in [0.2, 0.25) is 0 Å². The smallest absolute Gasteiger partial charge is 0.139 e. The van der Waals surface area contributed by atoms with Gasteiger partial charge in [-0.25, -0.2) is 4.98 Å². The van der Waals surface area contributed by atoms with E-state index >= 15 is 0 Å². The lowest BCUT2D eigenvalue weighted by Crippen LogP contribution is -2.71. The average Bonchev–Trinajstić information content (AvgIpc) is 2.73. The van der Waals surface area contributed by atoms with Crippen molar-refractivity contribution in [2.45, 2.75) is 6.61 Å². The summed E-state index contributed by atoms with van der Waals surface area (Å²) >= 11 is 18.7. The van der Waals surface area contributed by atoms with Crippen LogP contribution in [0.5, 0.6) is 5.75 Å². The van der Waals surface area contributed by atoms with Crippen LogP contribution in [0.3, 0.4) is 0 Å². The zero-order chi connectivity index (χ0) is 23.2. The van der Waals surface area contributed by atoms with E-state index in [0.717, 1.165) is 32.0 Å². The Morgan fingerprint density at radius 2 is 1.82 bits per heavy atom. The van der Waals surface area contributed by atoms with E-state index in [1.54, 1.807) is 18.3 Å². The highest BCUT2D eigenvalue weighted by Crippen LogP contribution is 2.37. The number of hydrogen-bond acceptors (Lipinski definition) is 7. The van der Waals surface area contributed by atoms with Crippen LogP contribution >= 0.6 is 34.8 Å². The van der Waals surface area contributed by atoms with E-state index in [4.69, 9.17) is 50.7 Å². The van der Waals surface area contributed by atoms with Crippen LogP contribution in [0.1, 0.15) is 16.7 Å². The maximum atomic E-state index is 8.69. The van der Waals surface area contributed by atoms with Crippen molar-refractivity contribution in [2.24, 2.45) is 5.41 Å². The summed E-state index contributed by atoms with van der Waals surface area (Å²) in [5, 5.41) is 13.1. The van der Waals surface area contributed by atoms with Crippen molar-refractivity contribution in [3.05, 3.63) is 74.6 Å². The fourth-order valence-electron chi connectivity index (χ4n) is 4.13. The maximum absolute atomic E-state index is 8.69. The van der Waals surface area contributed by atoms with E-state index < -0.39 is 0 Å². The summed E-state index contributed by atoms with van der Waals surface area (Å²) in [4.78, 5) is 10.8. The van der Waals surface area contributed by atoms with Crippen LogP contribution < -0.4 is 20.7 Å².